The van der Waals surface area contributed by atoms with Crippen molar-refractivity contribution >= 4 is 17.1 Å². The van der Waals surface area contributed by atoms with Crippen LogP contribution in [-0.4, -0.2) is 31.0 Å². The first-order valence-electron chi connectivity index (χ1n) is 12.6. The van der Waals surface area contributed by atoms with Crippen LogP contribution in [0.5, 0.6) is 0 Å². The summed E-state index contributed by atoms with van der Waals surface area (Å²) in [5.41, 5.74) is 4.18. The van der Waals surface area contributed by atoms with Gasteiger partial charge >= 0.3 is 11.8 Å². The molecule has 5 aromatic rings. The van der Waals surface area contributed by atoms with Crippen LogP contribution in [0.2, 0.25) is 0 Å². The number of pyridine rings is 1. The minimum Gasteiger partial charge on any atom is -0.344 e. The molecule has 1 unspecified atom stereocenters. The number of aromatic nitrogens is 5. The Morgan fingerprint density at radius 1 is 1.11 bits per heavy atom. The number of H-pyrrole nitrogens is 1. The smallest absolute Gasteiger partial charge is 0.315 e. The standard InChI is InChI=1S/C29H27FN6O2/c1-29(2,3)28-35-27(38-36-28)26(37)32-15-18-10-9-17(13-22(18)30)19-11-12-31-25-23(19)33-24(34-25)21-14-20(21)16-7-5-4-6-8-16/h4-13,20-21H,14-15H2,1-3H3,(H,32,37)(H,31,33,34)/t20?,21-/m1/s1. The summed E-state index contributed by atoms with van der Waals surface area (Å²) in [6.07, 6.45) is 2.73. The number of imidazole rings is 1. The molecule has 6 rings (SSSR count). The first-order chi connectivity index (χ1) is 18.3. The van der Waals surface area contributed by atoms with Crippen molar-refractivity contribution in [1.82, 2.24) is 30.4 Å². The Hall–Kier alpha value is -4.40. The van der Waals surface area contributed by atoms with Crippen LogP contribution in [0.4, 0.5) is 4.39 Å². The molecule has 1 aliphatic rings. The Morgan fingerprint density at radius 3 is 2.66 bits per heavy atom. The van der Waals surface area contributed by atoms with E-state index in [9.17, 15) is 4.79 Å². The van der Waals surface area contributed by atoms with E-state index in [1.54, 1.807) is 12.3 Å². The Labute approximate surface area is 218 Å². The van der Waals surface area contributed by atoms with Gasteiger partial charge in [-0.2, -0.15) is 4.98 Å². The molecule has 8 nitrogen and oxygen atoms in total. The van der Waals surface area contributed by atoms with E-state index in [0.717, 1.165) is 17.8 Å². The average molecular weight is 511 g/mol. The number of halogens is 1. The Kier molecular flexibility index (Phi) is 5.78. The predicted molar refractivity (Wildman–Crippen MR) is 140 cm³/mol. The van der Waals surface area contributed by atoms with E-state index in [-0.39, 0.29) is 17.9 Å². The van der Waals surface area contributed by atoms with Crippen LogP contribution in [0.15, 0.2) is 65.3 Å². The predicted octanol–water partition coefficient (Wildman–Crippen LogP) is 5.65. The number of hydrogen-bond acceptors (Lipinski definition) is 6. The third kappa shape index (κ3) is 4.55. The number of nitrogens with zero attached hydrogens (tertiary/aromatic N) is 4. The van der Waals surface area contributed by atoms with Gasteiger partial charge in [0.25, 0.3) is 0 Å². The highest BCUT2D eigenvalue weighted by atomic mass is 19.1. The summed E-state index contributed by atoms with van der Waals surface area (Å²) >= 11 is 0. The quantitative estimate of drug-likeness (QED) is 0.306. The topological polar surface area (TPSA) is 110 Å². The van der Waals surface area contributed by atoms with E-state index in [2.05, 4.69) is 49.7 Å². The molecule has 3 heterocycles. The number of fused-ring (bicyclic) bond motifs is 1. The van der Waals surface area contributed by atoms with Gasteiger partial charge in [0.1, 0.15) is 17.2 Å². The molecule has 192 valence electrons. The third-order valence-corrected chi connectivity index (χ3v) is 6.87. The molecule has 1 aliphatic carbocycles. The zero-order valence-corrected chi connectivity index (χ0v) is 21.3. The van der Waals surface area contributed by atoms with Crippen molar-refractivity contribution in [2.75, 3.05) is 0 Å². The molecule has 9 heteroatoms. The molecule has 0 aliphatic heterocycles. The lowest BCUT2D eigenvalue weighted by Crippen LogP contribution is -2.24. The molecule has 0 saturated heterocycles. The first-order valence-corrected chi connectivity index (χ1v) is 12.6. The normalized spacial score (nSPS) is 17.1. The minimum atomic E-state index is -0.551. The van der Waals surface area contributed by atoms with Gasteiger partial charge in [-0.15, -0.1) is 0 Å². The SMILES string of the molecule is CC(C)(C)c1noc(C(=O)NCc2ccc(-c3ccnc4[nH]c([C@@H]5CC5c5ccccc5)nc34)cc2F)n1. The first kappa shape index (κ1) is 24.0. The van der Waals surface area contributed by atoms with Crippen molar-refractivity contribution in [3.05, 3.63) is 95.3 Å². The summed E-state index contributed by atoms with van der Waals surface area (Å²) < 4.78 is 20.1. The zero-order chi connectivity index (χ0) is 26.4. The number of nitrogens with one attached hydrogen (secondary N) is 2. The van der Waals surface area contributed by atoms with Crippen molar-refractivity contribution in [3.63, 3.8) is 0 Å². The minimum absolute atomic E-state index is 0.0148. The van der Waals surface area contributed by atoms with E-state index in [1.807, 2.05) is 39.0 Å². The molecule has 38 heavy (non-hydrogen) atoms. The van der Waals surface area contributed by atoms with Crippen LogP contribution >= 0.6 is 0 Å². The number of hydrogen-bond donors (Lipinski definition) is 2. The maximum atomic E-state index is 15.1. The maximum Gasteiger partial charge on any atom is 0.315 e. The van der Waals surface area contributed by atoms with Gasteiger partial charge < -0.3 is 14.8 Å². The summed E-state index contributed by atoms with van der Waals surface area (Å²) in [4.78, 5) is 29.3. The van der Waals surface area contributed by atoms with Crippen molar-refractivity contribution in [1.29, 1.82) is 0 Å². The third-order valence-electron chi connectivity index (χ3n) is 6.87. The molecular formula is C29H27FN6O2. The second kappa shape index (κ2) is 9.16. The second-order valence-corrected chi connectivity index (χ2v) is 10.7. The van der Waals surface area contributed by atoms with Crippen molar-refractivity contribution < 1.29 is 13.7 Å². The highest BCUT2D eigenvalue weighted by Gasteiger charge is 2.41. The highest BCUT2D eigenvalue weighted by molar-refractivity contribution is 5.90. The summed E-state index contributed by atoms with van der Waals surface area (Å²) in [5.74, 6) is 0.969. The number of aromatic amines is 1. The van der Waals surface area contributed by atoms with E-state index >= 15 is 4.39 Å². The van der Waals surface area contributed by atoms with Crippen LogP contribution < -0.4 is 5.32 Å². The highest BCUT2D eigenvalue weighted by Crippen LogP contribution is 2.54. The maximum absolute atomic E-state index is 15.1. The van der Waals surface area contributed by atoms with Crippen molar-refractivity contribution in [2.45, 2.75) is 51.0 Å². The van der Waals surface area contributed by atoms with Gasteiger partial charge in [-0.3, -0.25) is 4.79 Å². The fraction of sp³-hybridized carbons (Fsp3) is 0.276. The summed E-state index contributed by atoms with van der Waals surface area (Å²) in [5, 5.41) is 6.50. The summed E-state index contributed by atoms with van der Waals surface area (Å²) in [6, 6.07) is 17.2. The van der Waals surface area contributed by atoms with Gasteiger partial charge in [0.15, 0.2) is 11.5 Å². The second-order valence-electron chi connectivity index (χ2n) is 10.7. The molecule has 2 aromatic carbocycles. The lowest BCUT2D eigenvalue weighted by Gasteiger charge is -2.10. The molecule has 2 atom stereocenters. The van der Waals surface area contributed by atoms with Crippen LogP contribution in [0.1, 0.15) is 72.5 Å². The molecule has 0 spiro atoms. The Morgan fingerprint density at radius 2 is 1.92 bits per heavy atom. The molecular weight excluding hydrogens is 483 g/mol. The van der Waals surface area contributed by atoms with Gasteiger partial charge in [-0.1, -0.05) is 68.4 Å². The van der Waals surface area contributed by atoms with Gasteiger partial charge in [0, 0.05) is 35.2 Å². The molecule has 2 N–H and O–H groups in total. The van der Waals surface area contributed by atoms with Gasteiger partial charge in [0.05, 0.1) is 0 Å². The van der Waals surface area contributed by atoms with Crippen molar-refractivity contribution in [2.24, 2.45) is 0 Å². The van der Waals surface area contributed by atoms with Crippen LogP contribution in [0.25, 0.3) is 22.3 Å². The number of carbonyl (C=O) groups is 1. The van der Waals surface area contributed by atoms with Gasteiger partial charge in [-0.05, 0) is 35.6 Å². The summed E-state index contributed by atoms with van der Waals surface area (Å²) in [7, 11) is 0. The summed E-state index contributed by atoms with van der Waals surface area (Å²) in [6.45, 7) is 5.75. The van der Waals surface area contributed by atoms with Gasteiger partial charge in [-0.25, -0.2) is 14.4 Å². The number of amides is 1. The molecule has 1 amide bonds. The average Bonchev–Trinajstić information content (AvgIpc) is 3.31. The van der Waals surface area contributed by atoms with Crippen LogP contribution in [0, 0.1) is 5.82 Å². The number of carbonyl (C=O) groups excluding carboxylic acids is 1. The zero-order valence-electron chi connectivity index (χ0n) is 21.3. The lowest BCUT2D eigenvalue weighted by atomic mass is 9.96. The van der Waals surface area contributed by atoms with Crippen LogP contribution in [0.3, 0.4) is 0 Å². The van der Waals surface area contributed by atoms with Crippen LogP contribution in [-0.2, 0) is 12.0 Å². The van der Waals surface area contributed by atoms with E-state index in [1.165, 1.54) is 11.6 Å². The number of benzene rings is 2. The molecule has 1 fully saturated rings. The monoisotopic (exact) mass is 510 g/mol. The van der Waals surface area contributed by atoms with E-state index in [0.29, 0.717) is 40.0 Å². The van der Waals surface area contributed by atoms with E-state index < -0.39 is 11.7 Å². The number of rotatable bonds is 6. The molecule has 0 bridgehead atoms. The van der Waals surface area contributed by atoms with Gasteiger partial charge in [0.2, 0.25) is 0 Å². The Bertz CT molecular complexity index is 1640. The fourth-order valence-electron chi connectivity index (χ4n) is 4.63. The largest absolute Gasteiger partial charge is 0.344 e. The lowest BCUT2D eigenvalue weighted by molar-refractivity contribution is 0.0906. The molecule has 0 radical (unpaired) electrons. The molecule has 3 aromatic heterocycles. The fourth-order valence-corrected chi connectivity index (χ4v) is 4.63. The Balaban J connectivity index is 1.19. The van der Waals surface area contributed by atoms with Crippen molar-refractivity contribution in [3.8, 4) is 11.1 Å². The molecule has 1 saturated carbocycles. The van der Waals surface area contributed by atoms with E-state index in [4.69, 9.17) is 9.51 Å².